The molecule has 0 spiro atoms. The summed E-state index contributed by atoms with van der Waals surface area (Å²) in [4.78, 5) is 27.2. The summed E-state index contributed by atoms with van der Waals surface area (Å²) >= 11 is 0. The van der Waals surface area contributed by atoms with Crippen molar-refractivity contribution in [2.45, 2.75) is 84.7 Å². The van der Waals surface area contributed by atoms with E-state index in [0.29, 0.717) is 32.5 Å². The third kappa shape index (κ3) is 8.83. The van der Waals surface area contributed by atoms with E-state index >= 15 is 0 Å². The number of benzene rings is 1. The van der Waals surface area contributed by atoms with Gasteiger partial charge >= 0.3 is 6.09 Å². The fraction of sp³-hybridized carbons (Fsp3) is 0.600. The minimum Gasteiger partial charge on any atom is -0.444 e. The number of hydrogen-bond acceptors (Lipinski definition) is 5. The summed E-state index contributed by atoms with van der Waals surface area (Å²) in [5.74, 6) is 0.0761. The van der Waals surface area contributed by atoms with Gasteiger partial charge in [0.2, 0.25) is 0 Å². The van der Waals surface area contributed by atoms with E-state index in [9.17, 15) is 9.59 Å². The molecule has 0 bridgehead atoms. The Morgan fingerprint density at radius 1 is 1.13 bits per heavy atom. The average molecular weight is 432 g/mol. The van der Waals surface area contributed by atoms with Gasteiger partial charge in [-0.05, 0) is 38.7 Å². The summed E-state index contributed by atoms with van der Waals surface area (Å²) in [5, 5.41) is 0. The Labute approximate surface area is 186 Å². The molecule has 1 aliphatic heterocycles. The summed E-state index contributed by atoms with van der Waals surface area (Å²) < 4.78 is 16.6. The molecule has 1 heterocycles. The van der Waals surface area contributed by atoms with Gasteiger partial charge in [0.25, 0.3) is 0 Å². The number of ketones is 1. The van der Waals surface area contributed by atoms with Crippen LogP contribution in [0, 0.1) is 0 Å². The topological polar surface area (TPSA) is 65.1 Å². The maximum Gasteiger partial charge on any atom is 0.414 e. The molecule has 6 nitrogen and oxygen atoms in total. The lowest BCUT2D eigenvalue weighted by atomic mass is 9.95. The normalized spacial score (nSPS) is 17.4. The van der Waals surface area contributed by atoms with Crippen LogP contribution in [0.1, 0.15) is 71.3 Å². The summed E-state index contributed by atoms with van der Waals surface area (Å²) in [6.45, 7) is 7.25. The third-order valence-corrected chi connectivity index (χ3v) is 5.31. The van der Waals surface area contributed by atoms with E-state index in [2.05, 4.69) is 6.92 Å². The molecule has 1 aliphatic rings. The zero-order chi connectivity index (χ0) is 22.5. The first-order valence-corrected chi connectivity index (χ1v) is 11.5. The van der Waals surface area contributed by atoms with Gasteiger partial charge in [0.15, 0.2) is 12.1 Å². The van der Waals surface area contributed by atoms with Crippen LogP contribution in [0.4, 0.5) is 4.79 Å². The highest BCUT2D eigenvalue weighted by Gasteiger charge is 2.33. The molecule has 6 heteroatoms. The Balaban J connectivity index is 2.03. The van der Waals surface area contributed by atoms with Gasteiger partial charge in [-0.15, -0.1) is 0 Å². The van der Waals surface area contributed by atoms with Gasteiger partial charge in [0.05, 0.1) is 6.61 Å². The highest BCUT2D eigenvalue weighted by molar-refractivity contribution is 5.93. The fourth-order valence-electron chi connectivity index (χ4n) is 3.77. The van der Waals surface area contributed by atoms with Crippen LogP contribution in [0.2, 0.25) is 0 Å². The van der Waals surface area contributed by atoms with Gasteiger partial charge in [-0.2, -0.15) is 0 Å². The lowest BCUT2D eigenvalue weighted by Crippen LogP contribution is -2.44. The minimum absolute atomic E-state index is 0.0761. The smallest absolute Gasteiger partial charge is 0.414 e. The standard InChI is InChI=1S/C25H37NO5/c1-4-6-8-14-22-17-24(27)18-23(15-11-16-30-20(3)29-5-2)26(22)25(28)31-19-21-12-9-7-10-13-21/h7,9-10,12-13,18,20,22H,4-6,8,11,14-17,19H2,1-3H3/t20?,22-/m1/s1. The van der Waals surface area contributed by atoms with Crippen LogP contribution in [-0.2, 0) is 25.6 Å². The van der Waals surface area contributed by atoms with Crippen LogP contribution in [0.5, 0.6) is 0 Å². The van der Waals surface area contributed by atoms with Crippen molar-refractivity contribution < 1.29 is 23.8 Å². The average Bonchev–Trinajstić information content (AvgIpc) is 2.76. The number of hydrogen-bond donors (Lipinski definition) is 0. The lowest BCUT2D eigenvalue weighted by Gasteiger charge is -2.35. The van der Waals surface area contributed by atoms with Gasteiger partial charge in [0.1, 0.15) is 6.61 Å². The number of ether oxygens (including phenoxy) is 3. The van der Waals surface area contributed by atoms with E-state index in [4.69, 9.17) is 14.2 Å². The number of amides is 1. The van der Waals surface area contributed by atoms with Crippen LogP contribution in [0.15, 0.2) is 42.1 Å². The Morgan fingerprint density at radius 2 is 1.90 bits per heavy atom. The van der Waals surface area contributed by atoms with Crippen molar-refractivity contribution in [2.24, 2.45) is 0 Å². The summed E-state index contributed by atoms with van der Waals surface area (Å²) in [7, 11) is 0. The van der Waals surface area contributed by atoms with E-state index in [0.717, 1.165) is 36.9 Å². The van der Waals surface area contributed by atoms with Crippen molar-refractivity contribution in [3.63, 3.8) is 0 Å². The summed E-state index contributed by atoms with van der Waals surface area (Å²) in [6, 6.07) is 9.49. The Bertz CT molecular complexity index is 703. The van der Waals surface area contributed by atoms with Crippen molar-refractivity contribution in [2.75, 3.05) is 13.2 Å². The number of rotatable bonds is 13. The number of carbonyl (C=O) groups is 2. The van der Waals surface area contributed by atoms with Crippen LogP contribution in [0.3, 0.4) is 0 Å². The molecule has 1 amide bonds. The van der Waals surface area contributed by atoms with Crippen molar-refractivity contribution >= 4 is 11.9 Å². The van der Waals surface area contributed by atoms with Crippen molar-refractivity contribution in [3.05, 3.63) is 47.7 Å². The van der Waals surface area contributed by atoms with Gasteiger partial charge in [-0.25, -0.2) is 4.79 Å². The van der Waals surface area contributed by atoms with Gasteiger partial charge in [0, 0.05) is 30.8 Å². The molecular weight excluding hydrogens is 394 g/mol. The second kappa shape index (κ2) is 14.0. The first-order valence-electron chi connectivity index (χ1n) is 11.5. The molecule has 0 fully saturated rings. The maximum atomic E-state index is 13.1. The first kappa shape index (κ1) is 25.1. The summed E-state index contributed by atoms with van der Waals surface area (Å²) in [6.07, 6.45) is 6.55. The molecule has 0 aliphatic carbocycles. The van der Waals surface area contributed by atoms with Crippen molar-refractivity contribution in [1.29, 1.82) is 0 Å². The van der Waals surface area contributed by atoms with Gasteiger partial charge < -0.3 is 14.2 Å². The third-order valence-electron chi connectivity index (χ3n) is 5.31. The molecule has 172 valence electrons. The van der Waals surface area contributed by atoms with Gasteiger partial charge in [-0.3, -0.25) is 9.69 Å². The molecule has 2 atom stereocenters. The van der Waals surface area contributed by atoms with Crippen LogP contribution >= 0.6 is 0 Å². The molecule has 0 saturated carbocycles. The molecule has 0 radical (unpaired) electrons. The zero-order valence-corrected chi connectivity index (χ0v) is 19.2. The quantitative estimate of drug-likeness (QED) is 0.300. The molecule has 2 rings (SSSR count). The van der Waals surface area contributed by atoms with Crippen molar-refractivity contribution in [3.8, 4) is 0 Å². The number of allylic oxidation sites excluding steroid dienone is 2. The molecule has 31 heavy (non-hydrogen) atoms. The molecule has 1 aromatic carbocycles. The van der Waals surface area contributed by atoms with Crippen molar-refractivity contribution in [1.82, 2.24) is 4.90 Å². The monoisotopic (exact) mass is 431 g/mol. The second-order valence-electron chi connectivity index (χ2n) is 7.86. The first-order chi connectivity index (χ1) is 15.0. The van der Waals surface area contributed by atoms with E-state index in [-0.39, 0.29) is 30.8 Å². The Hall–Kier alpha value is -2.18. The molecule has 0 aromatic heterocycles. The van der Waals surface area contributed by atoms with E-state index in [1.807, 2.05) is 44.2 Å². The number of carbonyl (C=O) groups excluding carboxylic acids is 2. The Kier molecular flexibility index (Phi) is 11.3. The van der Waals surface area contributed by atoms with Gasteiger partial charge in [-0.1, -0.05) is 56.5 Å². The number of unbranched alkanes of at least 4 members (excludes halogenated alkanes) is 2. The molecule has 1 aromatic rings. The zero-order valence-electron chi connectivity index (χ0n) is 19.2. The highest BCUT2D eigenvalue weighted by atomic mass is 16.7. The van der Waals surface area contributed by atoms with Crippen LogP contribution in [-0.4, -0.2) is 42.3 Å². The minimum atomic E-state index is -0.382. The van der Waals surface area contributed by atoms with E-state index in [1.165, 1.54) is 0 Å². The SMILES string of the molecule is CCCCC[C@@H]1CC(=O)C=C(CCCOC(C)OCC)N1C(=O)OCc1ccccc1. The lowest BCUT2D eigenvalue weighted by molar-refractivity contribution is -0.127. The van der Waals surface area contributed by atoms with Crippen LogP contribution in [0.25, 0.3) is 0 Å². The van der Waals surface area contributed by atoms with E-state index in [1.54, 1.807) is 11.0 Å². The summed E-state index contributed by atoms with van der Waals surface area (Å²) in [5.41, 5.74) is 1.67. The largest absolute Gasteiger partial charge is 0.444 e. The molecule has 0 saturated heterocycles. The van der Waals surface area contributed by atoms with Crippen LogP contribution < -0.4 is 0 Å². The second-order valence-corrected chi connectivity index (χ2v) is 7.86. The Morgan fingerprint density at radius 3 is 2.61 bits per heavy atom. The predicted molar refractivity (Wildman–Crippen MR) is 120 cm³/mol. The molecular formula is C25H37NO5. The molecule has 0 N–H and O–H groups in total. The van der Waals surface area contributed by atoms with E-state index < -0.39 is 0 Å². The predicted octanol–water partition coefficient (Wildman–Crippen LogP) is 5.61. The fourth-order valence-corrected chi connectivity index (χ4v) is 3.77. The number of nitrogens with zero attached hydrogens (tertiary/aromatic N) is 1. The maximum absolute atomic E-state index is 13.1. The highest BCUT2D eigenvalue weighted by Crippen LogP contribution is 2.28. The molecule has 1 unspecified atom stereocenters.